The molecule has 0 unspecified atom stereocenters. The Morgan fingerprint density at radius 2 is 0.567 bits per heavy atom. The molecular formula is C65H52N2. The minimum atomic E-state index is -0.255. The Hall–Kier alpha value is -8.20. The van der Waals surface area contributed by atoms with E-state index in [-0.39, 0.29) is 5.41 Å². The van der Waals surface area contributed by atoms with Gasteiger partial charge in [0.2, 0.25) is 0 Å². The van der Waals surface area contributed by atoms with Gasteiger partial charge in [-0.1, -0.05) is 172 Å². The molecule has 0 saturated heterocycles. The Morgan fingerprint density at radius 3 is 0.940 bits per heavy atom. The number of nitrogens with zero attached hydrogens (tertiary/aromatic N) is 2. The standard InChI is InChI=1S/C65H52N2/c1-45-15-11-25-57(39-45)66(55-31-27-49(28-32-55)53-23-13-21-51(41-53)47-17-7-5-8-18-47)59-35-37-61-62-38-36-60(44-64(62)65(3,4)63(61)43-59)67(58-26-12-16-46(2)40-58)56-33-29-50(30-34-56)54-24-14-22-52(42-54)48-19-9-6-10-20-48/h5-44H,1-4H3. The molecule has 11 rings (SSSR count). The van der Waals surface area contributed by atoms with Crippen molar-refractivity contribution in [2.75, 3.05) is 9.80 Å². The Bertz CT molecular complexity index is 3160. The van der Waals surface area contributed by atoms with Gasteiger partial charge >= 0.3 is 0 Å². The monoisotopic (exact) mass is 860 g/mol. The molecule has 1 aliphatic rings. The second kappa shape index (κ2) is 17.3. The number of fused-ring (bicyclic) bond motifs is 3. The van der Waals surface area contributed by atoms with Crippen LogP contribution >= 0.6 is 0 Å². The summed E-state index contributed by atoms with van der Waals surface area (Å²) in [4.78, 5) is 4.81. The molecule has 0 spiro atoms. The molecule has 1 aliphatic carbocycles. The summed E-state index contributed by atoms with van der Waals surface area (Å²) in [6, 6.07) is 88.8. The van der Waals surface area contributed by atoms with E-state index in [4.69, 9.17) is 0 Å². The van der Waals surface area contributed by atoms with Crippen molar-refractivity contribution in [3.8, 4) is 55.6 Å². The molecule has 0 aliphatic heterocycles. The summed E-state index contributed by atoms with van der Waals surface area (Å²) in [6.45, 7) is 9.11. The molecule has 0 amide bonds. The summed E-state index contributed by atoms with van der Waals surface area (Å²) in [7, 11) is 0. The highest BCUT2D eigenvalue weighted by molar-refractivity contribution is 5.89. The molecule has 0 heterocycles. The molecule has 0 radical (unpaired) electrons. The predicted molar refractivity (Wildman–Crippen MR) is 285 cm³/mol. The van der Waals surface area contributed by atoms with Crippen molar-refractivity contribution in [2.24, 2.45) is 0 Å². The van der Waals surface area contributed by atoms with Crippen LogP contribution < -0.4 is 9.80 Å². The maximum atomic E-state index is 2.43. The van der Waals surface area contributed by atoms with Crippen LogP contribution in [0.3, 0.4) is 0 Å². The average Bonchev–Trinajstić information content (AvgIpc) is 3.59. The molecule has 0 bridgehead atoms. The largest absolute Gasteiger partial charge is 0.310 e. The van der Waals surface area contributed by atoms with Crippen LogP contribution in [0.2, 0.25) is 0 Å². The van der Waals surface area contributed by atoms with Crippen LogP contribution in [0.1, 0.15) is 36.1 Å². The number of aryl methyl sites for hydroxylation is 2. The molecule has 2 nitrogen and oxygen atoms in total. The highest BCUT2D eigenvalue weighted by Crippen LogP contribution is 2.52. The lowest BCUT2D eigenvalue weighted by Gasteiger charge is -2.29. The lowest BCUT2D eigenvalue weighted by atomic mass is 9.82. The molecule has 10 aromatic rings. The quantitative estimate of drug-likeness (QED) is 0.135. The van der Waals surface area contributed by atoms with E-state index < -0.39 is 0 Å². The third-order valence-electron chi connectivity index (χ3n) is 13.5. The third-order valence-corrected chi connectivity index (χ3v) is 13.5. The van der Waals surface area contributed by atoms with Crippen LogP contribution in [0.15, 0.2) is 243 Å². The van der Waals surface area contributed by atoms with Crippen LogP contribution in [0.4, 0.5) is 34.1 Å². The summed E-state index contributed by atoms with van der Waals surface area (Å²) in [6.07, 6.45) is 0. The maximum Gasteiger partial charge on any atom is 0.0465 e. The third kappa shape index (κ3) is 8.02. The van der Waals surface area contributed by atoms with Crippen molar-refractivity contribution >= 4 is 34.1 Å². The molecule has 10 aromatic carbocycles. The number of anilines is 6. The number of rotatable bonds is 10. The SMILES string of the molecule is Cc1cccc(N(c2ccc(-c3cccc(-c4ccccc4)c3)cc2)c2ccc3c(c2)C(C)(C)c2cc(N(c4ccc(-c5cccc(-c6ccccc6)c5)cc4)c4cccc(C)c4)ccc2-3)c1. The summed E-state index contributed by atoms with van der Waals surface area (Å²) >= 11 is 0. The van der Waals surface area contributed by atoms with Gasteiger partial charge in [0.05, 0.1) is 0 Å². The number of hydrogen-bond donors (Lipinski definition) is 0. The molecule has 0 saturated carbocycles. The minimum Gasteiger partial charge on any atom is -0.310 e. The van der Waals surface area contributed by atoms with E-state index in [9.17, 15) is 0 Å². The fraction of sp³-hybridized carbons (Fsp3) is 0.0769. The summed E-state index contributed by atoms with van der Waals surface area (Å²) in [5.41, 5.74) is 23.9. The van der Waals surface area contributed by atoms with Gasteiger partial charge in [-0.05, 0) is 177 Å². The molecule has 0 N–H and O–H groups in total. The Kier molecular flexibility index (Phi) is 10.7. The first-order valence-electron chi connectivity index (χ1n) is 23.3. The Balaban J connectivity index is 0.938. The van der Waals surface area contributed by atoms with Crippen molar-refractivity contribution in [2.45, 2.75) is 33.1 Å². The fourth-order valence-electron chi connectivity index (χ4n) is 10.0. The molecule has 2 heteroatoms. The second-order valence-corrected chi connectivity index (χ2v) is 18.4. The first-order chi connectivity index (χ1) is 32.8. The zero-order valence-electron chi connectivity index (χ0n) is 38.5. The van der Waals surface area contributed by atoms with Crippen molar-refractivity contribution in [1.29, 1.82) is 0 Å². The average molecular weight is 861 g/mol. The van der Waals surface area contributed by atoms with Crippen molar-refractivity contribution in [3.63, 3.8) is 0 Å². The van der Waals surface area contributed by atoms with Crippen molar-refractivity contribution in [1.82, 2.24) is 0 Å². The first-order valence-corrected chi connectivity index (χ1v) is 23.3. The van der Waals surface area contributed by atoms with Crippen molar-refractivity contribution in [3.05, 3.63) is 265 Å². The maximum absolute atomic E-state index is 2.43. The van der Waals surface area contributed by atoms with Crippen molar-refractivity contribution < 1.29 is 0 Å². The van der Waals surface area contributed by atoms with Gasteiger partial charge in [0.25, 0.3) is 0 Å². The molecule has 0 fully saturated rings. The molecular weight excluding hydrogens is 809 g/mol. The van der Waals surface area contributed by atoms with Gasteiger partial charge in [-0.2, -0.15) is 0 Å². The van der Waals surface area contributed by atoms with E-state index in [1.807, 2.05) is 0 Å². The molecule has 67 heavy (non-hydrogen) atoms. The van der Waals surface area contributed by atoms with E-state index in [1.54, 1.807) is 0 Å². The smallest absolute Gasteiger partial charge is 0.0465 e. The lowest BCUT2D eigenvalue weighted by molar-refractivity contribution is 0.660. The lowest BCUT2D eigenvalue weighted by Crippen LogP contribution is -2.17. The highest BCUT2D eigenvalue weighted by atomic mass is 15.1. The summed E-state index contributed by atoms with van der Waals surface area (Å²) in [5.74, 6) is 0. The Morgan fingerprint density at radius 1 is 0.254 bits per heavy atom. The second-order valence-electron chi connectivity index (χ2n) is 18.4. The van der Waals surface area contributed by atoms with Crippen LogP contribution in [0.5, 0.6) is 0 Å². The zero-order valence-corrected chi connectivity index (χ0v) is 38.5. The van der Waals surface area contributed by atoms with E-state index in [0.717, 1.165) is 34.1 Å². The van der Waals surface area contributed by atoms with Gasteiger partial charge in [0, 0.05) is 39.5 Å². The van der Waals surface area contributed by atoms with Gasteiger partial charge in [0.1, 0.15) is 0 Å². The minimum absolute atomic E-state index is 0.255. The Labute approximate surface area is 395 Å². The van der Waals surface area contributed by atoms with E-state index >= 15 is 0 Å². The number of hydrogen-bond acceptors (Lipinski definition) is 2. The predicted octanol–water partition coefficient (Wildman–Crippen LogP) is 18.2. The van der Waals surface area contributed by atoms with Gasteiger partial charge in [-0.3, -0.25) is 0 Å². The van der Waals surface area contributed by atoms with Crippen LogP contribution in [0, 0.1) is 13.8 Å². The zero-order chi connectivity index (χ0) is 45.5. The van der Waals surface area contributed by atoms with E-state index in [0.29, 0.717) is 0 Å². The van der Waals surface area contributed by atoms with E-state index in [2.05, 4.69) is 280 Å². The number of benzene rings is 10. The summed E-state index contributed by atoms with van der Waals surface area (Å²) < 4.78 is 0. The van der Waals surface area contributed by atoms with E-state index in [1.165, 1.54) is 77.9 Å². The van der Waals surface area contributed by atoms with Crippen LogP contribution in [-0.2, 0) is 5.41 Å². The fourth-order valence-corrected chi connectivity index (χ4v) is 10.0. The van der Waals surface area contributed by atoms with Gasteiger partial charge in [-0.25, -0.2) is 0 Å². The van der Waals surface area contributed by atoms with Gasteiger partial charge in [-0.15, -0.1) is 0 Å². The molecule has 0 aromatic heterocycles. The first kappa shape index (κ1) is 41.5. The summed E-state index contributed by atoms with van der Waals surface area (Å²) in [5, 5.41) is 0. The molecule has 322 valence electrons. The normalized spacial score (nSPS) is 12.3. The highest BCUT2D eigenvalue weighted by Gasteiger charge is 2.37. The van der Waals surface area contributed by atoms with Gasteiger partial charge in [0.15, 0.2) is 0 Å². The van der Waals surface area contributed by atoms with Gasteiger partial charge < -0.3 is 9.80 Å². The topological polar surface area (TPSA) is 6.48 Å². The van der Waals surface area contributed by atoms with Crippen LogP contribution in [0.25, 0.3) is 55.6 Å². The van der Waals surface area contributed by atoms with Crippen LogP contribution in [-0.4, -0.2) is 0 Å². The molecule has 0 atom stereocenters.